The number of amides is 2. The Labute approximate surface area is 204 Å². The lowest BCUT2D eigenvalue weighted by Gasteiger charge is -2.28. The van der Waals surface area contributed by atoms with Crippen LogP contribution >= 0.6 is 23.8 Å². The quantitative estimate of drug-likeness (QED) is 0.176. The summed E-state index contributed by atoms with van der Waals surface area (Å²) in [5, 5.41) is 13.6. The number of nitro benzene ring substituents is 1. The Balaban J connectivity index is 1.52. The van der Waals surface area contributed by atoms with Crippen LogP contribution in [-0.4, -0.2) is 21.9 Å². The number of nitrogens with zero attached hydrogens (tertiary/aromatic N) is 2. The van der Waals surface area contributed by atoms with E-state index in [2.05, 4.69) is 5.32 Å². The number of rotatable bonds is 6. The zero-order valence-corrected chi connectivity index (χ0v) is 19.0. The number of hydrogen-bond donors (Lipinski definition) is 1. The van der Waals surface area contributed by atoms with Gasteiger partial charge in [0.25, 0.3) is 17.5 Å². The standard InChI is InChI=1S/C24H16ClN3O5S/c25-20-13-16(8-11-21(20)33-14-15-6-9-18(10-7-15)28(31)32)12-19-22(29)26-24(34)27(23(19)30)17-4-2-1-3-5-17/h1-13H,14H2,(H,26,29,34)/b19-12-. The molecule has 0 saturated carbocycles. The van der Waals surface area contributed by atoms with Gasteiger partial charge in [-0.25, -0.2) is 0 Å². The fraction of sp³-hybridized carbons (Fsp3) is 0.0417. The maximum atomic E-state index is 13.0. The lowest BCUT2D eigenvalue weighted by atomic mass is 10.1. The summed E-state index contributed by atoms with van der Waals surface area (Å²) < 4.78 is 5.71. The van der Waals surface area contributed by atoms with Crippen molar-refractivity contribution < 1.29 is 19.2 Å². The molecule has 1 saturated heterocycles. The summed E-state index contributed by atoms with van der Waals surface area (Å²) in [6.07, 6.45) is 1.43. The first-order chi connectivity index (χ1) is 16.3. The number of carbonyl (C=O) groups excluding carboxylic acids is 2. The van der Waals surface area contributed by atoms with E-state index in [9.17, 15) is 19.7 Å². The first-order valence-electron chi connectivity index (χ1n) is 9.95. The van der Waals surface area contributed by atoms with Crippen molar-refractivity contribution >= 4 is 58.2 Å². The molecule has 1 N–H and O–H groups in total. The molecule has 1 heterocycles. The molecule has 0 aliphatic carbocycles. The van der Waals surface area contributed by atoms with Crippen LogP contribution < -0.4 is 15.0 Å². The van der Waals surface area contributed by atoms with Crippen LogP contribution in [0.25, 0.3) is 6.08 Å². The van der Waals surface area contributed by atoms with Gasteiger partial charge in [-0.3, -0.25) is 29.9 Å². The van der Waals surface area contributed by atoms with Crippen LogP contribution in [0, 0.1) is 10.1 Å². The van der Waals surface area contributed by atoms with Gasteiger partial charge in [-0.2, -0.15) is 0 Å². The Kier molecular flexibility index (Phi) is 6.67. The van der Waals surface area contributed by atoms with Crippen LogP contribution in [0.15, 0.2) is 78.4 Å². The molecule has 3 aromatic carbocycles. The molecule has 3 aromatic rings. The predicted molar refractivity (Wildman–Crippen MR) is 132 cm³/mol. The number of halogens is 1. The largest absolute Gasteiger partial charge is 0.487 e. The van der Waals surface area contributed by atoms with Crippen LogP contribution in [0.4, 0.5) is 11.4 Å². The molecule has 0 unspecified atom stereocenters. The average molecular weight is 494 g/mol. The molecule has 0 aromatic heterocycles. The Morgan fingerprint density at radius 2 is 1.76 bits per heavy atom. The van der Waals surface area contributed by atoms with E-state index in [0.717, 1.165) is 5.56 Å². The van der Waals surface area contributed by atoms with Crippen molar-refractivity contribution in [2.24, 2.45) is 0 Å². The predicted octanol–water partition coefficient (Wildman–Crippen LogP) is 4.66. The van der Waals surface area contributed by atoms with Crippen molar-refractivity contribution in [3.63, 3.8) is 0 Å². The number of anilines is 1. The van der Waals surface area contributed by atoms with Gasteiger partial charge in [0.1, 0.15) is 17.9 Å². The van der Waals surface area contributed by atoms with Crippen molar-refractivity contribution in [2.45, 2.75) is 6.61 Å². The van der Waals surface area contributed by atoms with Gasteiger partial charge in [0.05, 0.1) is 15.6 Å². The highest BCUT2D eigenvalue weighted by molar-refractivity contribution is 7.80. The summed E-state index contributed by atoms with van der Waals surface area (Å²) >= 11 is 11.5. The number of ether oxygens (including phenoxy) is 1. The second-order valence-electron chi connectivity index (χ2n) is 7.20. The average Bonchev–Trinajstić information content (AvgIpc) is 2.82. The fourth-order valence-electron chi connectivity index (χ4n) is 3.23. The van der Waals surface area contributed by atoms with Gasteiger partial charge in [-0.1, -0.05) is 35.9 Å². The first-order valence-corrected chi connectivity index (χ1v) is 10.7. The molecule has 1 aliphatic rings. The number of carbonyl (C=O) groups is 2. The van der Waals surface area contributed by atoms with Gasteiger partial charge in [0, 0.05) is 12.1 Å². The third-order valence-electron chi connectivity index (χ3n) is 4.92. The molecular formula is C24H16ClN3O5S. The van der Waals surface area contributed by atoms with E-state index in [-0.39, 0.29) is 28.0 Å². The second-order valence-corrected chi connectivity index (χ2v) is 7.99. The SMILES string of the molecule is O=C1NC(=S)N(c2ccccc2)C(=O)/C1=C\c1ccc(OCc2ccc([N+](=O)[O-])cc2)c(Cl)c1. The van der Waals surface area contributed by atoms with Crippen LogP contribution in [0.5, 0.6) is 5.75 Å². The number of nitrogens with one attached hydrogen (secondary N) is 1. The fourth-order valence-corrected chi connectivity index (χ4v) is 3.76. The zero-order chi connectivity index (χ0) is 24.2. The van der Waals surface area contributed by atoms with Crippen LogP contribution in [0.1, 0.15) is 11.1 Å². The Morgan fingerprint density at radius 1 is 1.06 bits per heavy atom. The number of nitro groups is 1. The van der Waals surface area contributed by atoms with Crippen molar-refractivity contribution in [3.8, 4) is 5.75 Å². The summed E-state index contributed by atoms with van der Waals surface area (Å²) in [7, 11) is 0. The van der Waals surface area contributed by atoms with Gasteiger partial charge >= 0.3 is 0 Å². The van der Waals surface area contributed by atoms with E-state index in [1.165, 1.54) is 23.1 Å². The van der Waals surface area contributed by atoms with Crippen molar-refractivity contribution in [1.29, 1.82) is 0 Å². The van der Waals surface area contributed by atoms with Crippen molar-refractivity contribution in [1.82, 2.24) is 5.32 Å². The van der Waals surface area contributed by atoms with E-state index in [1.54, 1.807) is 54.6 Å². The van der Waals surface area contributed by atoms with E-state index in [4.69, 9.17) is 28.6 Å². The molecule has 0 spiro atoms. The van der Waals surface area contributed by atoms with E-state index >= 15 is 0 Å². The minimum absolute atomic E-state index is 0.00590. The minimum Gasteiger partial charge on any atom is -0.487 e. The lowest BCUT2D eigenvalue weighted by Crippen LogP contribution is -2.54. The molecule has 0 radical (unpaired) electrons. The van der Waals surface area contributed by atoms with Crippen LogP contribution in [-0.2, 0) is 16.2 Å². The highest BCUT2D eigenvalue weighted by atomic mass is 35.5. The number of hydrogen-bond acceptors (Lipinski definition) is 6. The number of non-ortho nitro benzene ring substituents is 1. The Morgan fingerprint density at radius 3 is 2.41 bits per heavy atom. The van der Waals surface area contributed by atoms with Crippen LogP contribution in [0.3, 0.4) is 0 Å². The monoisotopic (exact) mass is 493 g/mol. The summed E-state index contributed by atoms with van der Waals surface area (Å²) in [6.45, 7) is 0.155. The summed E-state index contributed by atoms with van der Waals surface area (Å²) in [6, 6.07) is 19.6. The van der Waals surface area contributed by atoms with E-state index in [1.807, 2.05) is 6.07 Å². The molecular weight excluding hydrogens is 478 g/mol. The normalized spacial score (nSPS) is 14.8. The lowest BCUT2D eigenvalue weighted by molar-refractivity contribution is -0.384. The van der Waals surface area contributed by atoms with Gasteiger partial charge in [0.15, 0.2) is 5.11 Å². The van der Waals surface area contributed by atoms with Gasteiger partial charge in [-0.15, -0.1) is 0 Å². The third-order valence-corrected chi connectivity index (χ3v) is 5.50. The molecule has 8 nitrogen and oxygen atoms in total. The van der Waals surface area contributed by atoms with Gasteiger partial charge < -0.3 is 4.74 Å². The Hall–Kier alpha value is -4.08. The summed E-state index contributed by atoms with van der Waals surface area (Å²) in [4.78, 5) is 37.0. The van der Waals surface area contributed by atoms with Gasteiger partial charge in [0.2, 0.25) is 0 Å². The molecule has 10 heteroatoms. The van der Waals surface area contributed by atoms with Crippen molar-refractivity contribution in [2.75, 3.05) is 4.90 Å². The summed E-state index contributed by atoms with van der Waals surface area (Å²) in [5.41, 5.74) is 1.69. The zero-order valence-electron chi connectivity index (χ0n) is 17.4. The van der Waals surface area contributed by atoms with E-state index < -0.39 is 16.7 Å². The molecule has 4 rings (SSSR count). The maximum Gasteiger partial charge on any atom is 0.270 e. The minimum atomic E-state index is -0.600. The second kappa shape index (κ2) is 9.82. The first kappa shape index (κ1) is 23.1. The third kappa shape index (κ3) is 4.95. The smallest absolute Gasteiger partial charge is 0.270 e. The van der Waals surface area contributed by atoms with Crippen molar-refractivity contribution in [3.05, 3.63) is 105 Å². The summed E-state index contributed by atoms with van der Waals surface area (Å²) in [5.74, 6) is -0.764. The number of thiocarbonyl (C=S) groups is 1. The molecule has 2 amide bonds. The molecule has 0 bridgehead atoms. The molecule has 170 valence electrons. The van der Waals surface area contributed by atoms with Gasteiger partial charge in [-0.05, 0) is 65.8 Å². The number of para-hydroxylation sites is 1. The van der Waals surface area contributed by atoms with Crippen LogP contribution in [0.2, 0.25) is 5.02 Å². The highest BCUT2D eigenvalue weighted by Gasteiger charge is 2.34. The molecule has 1 aliphatic heterocycles. The number of benzene rings is 3. The van der Waals surface area contributed by atoms with E-state index in [0.29, 0.717) is 17.0 Å². The Bertz CT molecular complexity index is 1330. The topological polar surface area (TPSA) is 102 Å². The maximum absolute atomic E-state index is 13.0. The molecule has 0 atom stereocenters. The highest BCUT2D eigenvalue weighted by Crippen LogP contribution is 2.28. The molecule has 34 heavy (non-hydrogen) atoms. The molecule has 1 fully saturated rings.